The zero-order valence-electron chi connectivity index (χ0n) is 15.7. The molecule has 6 nitrogen and oxygen atoms in total. The molecule has 0 spiro atoms. The Morgan fingerprint density at radius 2 is 1.90 bits per heavy atom. The van der Waals surface area contributed by atoms with Crippen LogP contribution in [0.2, 0.25) is 4.34 Å². The standard InChI is InChI=1S/C21H19ClN4O2S/c1-26(16-8-10-23-11-9-16)15-4-2-14(3-5-15)18-12-17(28-25-18)13-24-21(27)19-6-7-20(22)29-19/h2-11,17H,12-13H2,1H3,(H,24,27). The molecule has 0 saturated heterocycles. The molecule has 1 aliphatic rings. The summed E-state index contributed by atoms with van der Waals surface area (Å²) in [7, 11) is 2.01. The smallest absolute Gasteiger partial charge is 0.261 e. The van der Waals surface area contributed by atoms with Gasteiger partial charge in [-0.3, -0.25) is 9.78 Å². The Labute approximate surface area is 177 Å². The summed E-state index contributed by atoms with van der Waals surface area (Å²) in [6.07, 6.45) is 4.02. The second-order valence-corrected chi connectivity index (χ2v) is 8.31. The first-order valence-electron chi connectivity index (χ1n) is 9.10. The Morgan fingerprint density at radius 1 is 1.17 bits per heavy atom. The molecule has 3 aromatic rings. The number of hydrogen-bond acceptors (Lipinski definition) is 6. The molecule has 0 bridgehead atoms. The van der Waals surface area contributed by atoms with Gasteiger partial charge < -0.3 is 15.1 Å². The summed E-state index contributed by atoms with van der Waals surface area (Å²) < 4.78 is 0.593. The zero-order chi connectivity index (χ0) is 20.2. The van der Waals surface area contributed by atoms with Gasteiger partial charge in [-0.1, -0.05) is 28.9 Å². The molecule has 3 heterocycles. The lowest BCUT2D eigenvalue weighted by Crippen LogP contribution is -2.31. The highest BCUT2D eigenvalue weighted by atomic mass is 35.5. The van der Waals surface area contributed by atoms with Gasteiger partial charge in [-0.05, 0) is 42.0 Å². The Hall–Kier alpha value is -2.90. The van der Waals surface area contributed by atoms with E-state index in [1.807, 2.05) is 43.4 Å². The number of benzene rings is 1. The number of aromatic nitrogens is 1. The Kier molecular flexibility index (Phi) is 5.78. The summed E-state index contributed by atoms with van der Waals surface area (Å²) in [4.78, 5) is 24.3. The molecule has 1 unspecified atom stereocenters. The number of anilines is 2. The molecule has 0 radical (unpaired) electrons. The number of thiophene rings is 1. The van der Waals surface area contributed by atoms with E-state index in [-0.39, 0.29) is 12.0 Å². The molecular formula is C21H19ClN4O2S. The van der Waals surface area contributed by atoms with E-state index in [1.165, 1.54) is 11.3 Å². The minimum Gasteiger partial charge on any atom is -0.390 e. The van der Waals surface area contributed by atoms with Gasteiger partial charge in [0, 0.05) is 37.2 Å². The minimum atomic E-state index is -0.177. The third-order valence-corrected chi connectivity index (χ3v) is 5.89. The predicted octanol–water partition coefficient (Wildman–Crippen LogP) is 4.49. The monoisotopic (exact) mass is 426 g/mol. The molecule has 1 N–H and O–H groups in total. The molecule has 4 rings (SSSR count). The van der Waals surface area contributed by atoms with Crippen LogP contribution in [-0.4, -0.2) is 36.3 Å². The molecule has 1 amide bonds. The van der Waals surface area contributed by atoms with E-state index in [0.717, 1.165) is 22.6 Å². The predicted molar refractivity (Wildman–Crippen MR) is 116 cm³/mol. The van der Waals surface area contributed by atoms with Crippen molar-refractivity contribution in [3.63, 3.8) is 0 Å². The minimum absolute atomic E-state index is 0.151. The molecule has 29 heavy (non-hydrogen) atoms. The summed E-state index contributed by atoms with van der Waals surface area (Å²) in [5.74, 6) is -0.151. The van der Waals surface area contributed by atoms with Gasteiger partial charge in [0.2, 0.25) is 0 Å². The normalized spacial score (nSPS) is 15.5. The van der Waals surface area contributed by atoms with Crippen LogP contribution in [0.1, 0.15) is 21.7 Å². The Morgan fingerprint density at radius 3 is 2.59 bits per heavy atom. The van der Waals surface area contributed by atoms with Crippen LogP contribution in [0.3, 0.4) is 0 Å². The number of nitrogens with one attached hydrogen (secondary N) is 1. The lowest BCUT2D eigenvalue weighted by atomic mass is 10.0. The van der Waals surface area contributed by atoms with Crippen LogP contribution in [0.25, 0.3) is 0 Å². The Bertz CT molecular complexity index is 1020. The van der Waals surface area contributed by atoms with Crippen molar-refractivity contribution in [3.8, 4) is 0 Å². The number of oxime groups is 1. The fraction of sp³-hybridized carbons (Fsp3) is 0.190. The number of rotatable bonds is 6. The van der Waals surface area contributed by atoms with Crippen LogP contribution in [0.4, 0.5) is 11.4 Å². The van der Waals surface area contributed by atoms with Crippen molar-refractivity contribution >= 4 is 45.9 Å². The molecule has 1 atom stereocenters. The second-order valence-electron chi connectivity index (χ2n) is 6.59. The van der Waals surface area contributed by atoms with Gasteiger partial charge in [-0.2, -0.15) is 0 Å². The van der Waals surface area contributed by atoms with Crippen LogP contribution >= 0.6 is 22.9 Å². The molecule has 148 valence electrons. The van der Waals surface area contributed by atoms with E-state index in [9.17, 15) is 4.79 Å². The van der Waals surface area contributed by atoms with E-state index >= 15 is 0 Å². The molecule has 8 heteroatoms. The summed E-state index contributed by atoms with van der Waals surface area (Å²) in [6, 6.07) is 15.5. The van der Waals surface area contributed by atoms with Crippen molar-refractivity contribution in [1.29, 1.82) is 0 Å². The van der Waals surface area contributed by atoms with Gasteiger partial charge >= 0.3 is 0 Å². The number of carbonyl (C=O) groups excluding carboxylic acids is 1. The number of carbonyl (C=O) groups is 1. The van der Waals surface area contributed by atoms with Crippen LogP contribution in [0.5, 0.6) is 0 Å². The number of nitrogens with zero attached hydrogens (tertiary/aromatic N) is 3. The van der Waals surface area contributed by atoms with Gasteiger partial charge in [0.15, 0.2) is 0 Å². The molecule has 1 aliphatic heterocycles. The molecule has 0 aliphatic carbocycles. The van der Waals surface area contributed by atoms with E-state index in [1.54, 1.807) is 24.5 Å². The number of pyridine rings is 1. The van der Waals surface area contributed by atoms with E-state index in [4.69, 9.17) is 16.4 Å². The third-order valence-electron chi connectivity index (χ3n) is 4.66. The average Bonchev–Trinajstić information content (AvgIpc) is 3.41. The highest BCUT2D eigenvalue weighted by Crippen LogP contribution is 2.25. The van der Waals surface area contributed by atoms with E-state index in [2.05, 4.69) is 20.4 Å². The van der Waals surface area contributed by atoms with Gasteiger partial charge in [0.05, 0.1) is 21.5 Å². The van der Waals surface area contributed by atoms with Crippen LogP contribution < -0.4 is 10.2 Å². The lowest BCUT2D eigenvalue weighted by Gasteiger charge is -2.19. The van der Waals surface area contributed by atoms with Gasteiger partial charge in [-0.25, -0.2) is 0 Å². The van der Waals surface area contributed by atoms with Crippen molar-refractivity contribution < 1.29 is 9.63 Å². The topological polar surface area (TPSA) is 66.8 Å². The summed E-state index contributed by atoms with van der Waals surface area (Å²) in [6.45, 7) is 0.393. The quantitative estimate of drug-likeness (QED) is 0.630. The van der Waals surface area contributed by atoms with Crippen LogP contribution in [-0.2, 0) is 4.84 Å². The SMILES string of the molecule is CN(c1ccncc1)c1ccc(C2=NOC(CNC(=O)c3ccc(Cl)s3)C2)cc1. The maximum absolute atomic E-state index is 12.1. The van der Waals surface area contributed by atoms with Gasteiger partial charge in [0.25, 0.3) is 5.91 Å². The second kappa shape index (κ2) is 8.63. The van der Waals surface area contributed by atoms with Crippen molar-refractivity contribution in [1.82, 2.24) is 10.3 Å². The fourth-order valence-electron chi connectivity index (χ4n) is 3.03. The number of amides is 1. The highest BCUT2D eigenvalue weighted by Gasteiger charge is 2.23. The largest absolute Gasteiger partial charge is 0.390 e. The first-order chi connectivity index (χ1) is 14.1. The number of halogens is 1. The first kappa shape index (κ1) is 19.4. The summed E-state index contributed by atoms with van der Waals surface area (Å²) >= 11 is 7.13. The van der Waals surface area contributed by atoms with Crippen LogP contribution in [0.15, 0.2) is 66.1 Å². The summed E-state index contributed by atoms with van der Waals surface area (Å²) in [5.41, 5.74) is 4.02. The molecular weight excluding hydrogens is 408 g/mol. The number of hydrogen-bond donors (Lipinski definition) is 1. The molecule has 2 aromatic heterocycles. The van der Waals surface area contributed by atoms with E-state index in [0.29, 0.717) is 22.2 Å². The van der Waals surface area contributed by atoms with Crippen LogP contribution in [0, 0.1) is 0 Å². The lowest BCUT2D eigenvalue weighted by molar-refractivity contribution is 0.0755. The average molecular weight is 427 g/mol. The van der Waals surface area contributed by atoms with Crippen molar-refractivity contribution in [2.24, 2.45) is 5.16 Å². The Balaban J connectivity index is 1.32. The zero-order valence-corrected chi connectivity index (χ0v) is 17.3. The van der Waals surface area contributed by atoms with Gasteiger partial charge in [-0.15, -0.1) is 11.3 Å². The highest BCUT2D eigenvalue weighted by molar-refractivity contribution is 7.18. The first-order valence-corrected chi connectivity index (χ1v) is 10.3. The molecule has 1 aromatic carbocycles. The van der Waals surface area contributed by atoms with Gasteiger partial charge in [0.1, 0.15) is 6.10 Å². The van der Waals surface area contributed by atoms with E-state index < -0.39 is 0 Å². The maximum Gasteiger partial charge on any atom is 0.261 e. The maximum atomic E-state index is 12.1. The van der Waals surface area contributed by atoms with Crippen molar-refractivity contribution in [3.05, 3.63) is 75.7 Å². The molecule has 0 fully saturated rings. The third kappa shape index (κ3) is 4.58. The molecule has 0 saturated carbocycles. The summed E-state index contributed by atoms with van der Waals surface area (Å²) in [5, 5.41) is 7.07. The van der Waals surface area contributed by atoms with Crippen molar-refractivity contribution in [2.75, 3.05) is 18.5 Å². The van der Waals surface area contributed by atoms with Crippen molar-refractivity contribution in [2.45, 2.75) is 12.5 Å². The fourth-order valence-corrected chi connectivity index (χ4v) is 3.99.